The second kappa shape index (κ2) is 2.37. The molecule has 3 atom stereocenters. The molecule has 0 spiro atoms. The fourth-order valence-electron chi connectivity index (χ4n) is 3.53. The van der Waals surface area contributed by atoms with Gasteiger partial charge >= 0.3 is 0 Å². The summed E-state index contributed by atoms with van der Waals surface area (Å²) in [5.41, 5.74) is 4.20. The van der Waals surface area contributed by atoms with Gasteiger partial charge in [0, 0.05) is 25.7 Å². The quantitative estimate of drug-likeness (QED) is 0.618. The average molecular weight is 193 g/mol. The van der Waals surface area contributed by atoms with E-state index >= 15 is 0 Å². The van der Waals surface area contributed by atoms with Crippen molar-refractivity contribution in [2.45, 2.75) is 34.6 Å². The molecular formula is C13H23N. The molecule has 0 aromatic carbocycles. The summed E-state index contributed by atoms with van der Waals surface area (Å²) >= 11 is 0. The van der Waals surface area contributed by atoms with Gasteiger partial charge in [0.2, 0.25) is 0 Å². The lowest BCUT2D eigenvalue weighted by molar-refractivity contribution is 0.212. The molecule has 0 radical (unpaired) electrons. The van der Waals surface area contributed by atoms with Crippen molar-refractivity contribution in [1.82, 2.24) is 4.90 Å². The summed E-state index contributed by atoms with van der Waals surface area (Å²) in [5, 5.41) is 0. The minimum absolute atomic E-state index is 0.432. The molecule has 0 N–H and O–H groups in total. The maximum atomic E-state index is 2.46. The maximum Gasteiger partial charge on any atom is 0.0163 e. The van der Waals surface area contributed by atoms with Gasteiger partial charge in [0.25, 0.3) is 0 Å². The molecule has 0 aliphatic heterocycles. The number of nitrogens with zero attached hydrogens (tertiary/aromatic N) is 1. The van der Waals surface area contributed by atoms with Crippen LogP contribution in [0.25, 0.3) is 0 Å². The summed E-state index contributed by atoms with van der Waals surface area (Å²) in [4.78, 5) is 2.31. The molecule has 3 unspecified atom stereocenters. The van der Waals surface area contributed by atoms with Crippen molar-refractivity contribution in [1.29, 1.82) is 0 Å². The Hall–Kier alpha value is -0.460. The largest absolute Gasteiger partial charge is 0.381 e. The van der Waals surface area contributed by atoms with Crippen LogP contribution in [0.1, 0.15) is 34.6 Å². The van der Waals surface area contributed by atoms with Gasteiger partial charge in [0.1, 0.15) is 0 Å². The molecule has 0 aromatic heterocycles. The van der Waals surface area contributed by atoms with Gasteiger partial charge in [0.15, 0.2) is 0 Å². The third-order valence-corrected chi connectivity index (χ3v) is 4.78. The highest BCUT2D eigenvalue weighted by molar-refractivity contribution is 5.47. The topological polar surface area (TPSA) is 3.24 Å². The van der Waals surface area contributed by atoms with E-state index in [-0.39, 0.29) is 0 Å². The first-order valence-electron chi connectivity index (χ1n) is 5.61. The van der Waals surface area contributed by atoms with E-state index in [1.807, 2.05) is 0 Å². The van der Waals surface area contributed by atoms with E-state index in [2.05, 4.69) is 53.6 Å². The molecule has 1 heteroatoms. The van der Waals surface area contributed by atoms with E-state index in [9.17, 15) is 0 Å². The third-order valence-electron chi connectivity index (χ3n) is 4.78. The highest BCUT2D eigenvalue weighted by Gasteiger charge is 2.74. The first-order valence-corrected chi connectivity index (χ1v) is 5.61. The van der Waals surface area contributed by atoms with Crippen LogP contribution < -0.4 is 0 Å². The average Bonchev–Trinajstić information content (AvgIpc) is 2.49. The van der Waals surface area contributed by atoms with Gasteiger partial charge < -0.3 is 4.90 Å². The summed E-state index contributed by atoms with van der Waals surface area (Å²) in [6.45, 7) is 11.9. The molecule has 14 heavy (non-hydrogen) atoms. The Morgan fingerprint density at radius 3 is 1.86 bits per heavy atom. The van der Waals surface area contributed by atoms with Crippen LogP contribution in [0.15, 0.2) is 11.3 Å². The lowest BCUT2D eigenvalue weighted by Gasteiger charge is -2.29. The van der Waals surface area contributed by atoms with Crippen molar-refractivity contribution in [3.63, 3.8) is 0 Å². The maximum absolute atomic E-state index is 2.46. The molecule has 1 fully saturated rings. The van der Waals surface area contributed by atoms with Gasteiger partial charge in [0.05, 0.1) is 0 Å². The second-order valence-corrected chi connectivity index (χ2v) is 6.45. The zero-order chi connectivity index (χ0) is 10.9. The summed E-state index contributed by atoms with van der Waals surface area (Å²) in [6.07, 6.45) is 0. The molecule has 2 aliphatic rings. The van der Waals surface area contributed by atoms with Crippen LogP contribution in [0.2, 0.25) is 0 Å². The van der Waals surface area contributed by atoms with E-state index in [0.29, 0.717) is 10.8 Å². The minimum atomic E-state index is 0.432. The number of hydrogen-bond acceptors (Lipinski definition) is 1. The van der Waals surface area contributed by atoms with Crippen molar-refractivity contribution in [3.8, 4) is 0 Å². The highest BCUT2D eigenvalue weighted by Crippen LogP contribution is 2.78. The first kappa shape index (κ1) is 10.1. The van der Waals surface area contributed by atoms with Crippen LogP contribution >= 0.6 is 0 Å². The van der Waals surface area contributed by atoms with Crippen LogP contribution in [0, 0.1) is 22.7 Å². The van der Waals surface area contributed by atoms with Gasteiger partial charge in [-0.3, -0.25) is 0 Å². The normalized spacial score (nSPS) is 40.5. The van der Waals surface area contributed by atoms with Crippen LogP contribution in [0.4, 0.5) is 0 Å². The highest BCUT2D eigenvalue weighted by atomic mass is 15.1. The van der Waals surface area contributed by atoms with Crippen LogP contribution in [0.5, 0.6) is 0 Å². The van der Waals surface area contributed by atoms with Crippen molar-refractivity contribution in [2.24, 2.45) is 22.7 Å². The van der Waals surface area contributed by atoms with E-state index in [1.165, 1.54) is 0 Å². The Morgan fingerprint density at radius 2 is 1.64 bits per heavy atom. The number of hydrogen-bond donors (Lipinski definition) is 0. The van der Waals surface area contributed by atoms with Crippen molar-refractivity contribution in [2.75, 3.05) is 14.1 Å². The lowest BCUT2D eigenvalue weighted by Crippen LogP contribution is -2.23. The van der Waals surface area contributed by atoms with E-state index in [4.69, 9.17) is 0 Å². The van der Waals surface area contributed by atoms with Gasteiger partial charge in [-0.1, -0.05) is 27.7 Å². The Kier molecular flexibility index (Phi) is 1.71. The van der Waals surface area contributed by atoms with Gasteiger partial charge in [-0.15, -0.1) is 0 Å². The second-order valence-electron chi connectivity index (χ2n) is 6.45. The number of allylic oxidation sites excluding steroid dienone is 2. The molecule has 0 bridgehead atoms. The molecule has 1 nitrogen and oxygen atoms in total. The molecule has 1 saturated carbocycles. The zero-order valence-corrected chi connectivity index (χ0v) is 10.6. The molecule has 0 saturated heterocycles. The standard InChI is InChI=1S/C13H23N/c1-8-9-10(11(8)14(6)7)13(9,5)12(2,3)4/h9-10H,1-7H3. The van der Waals surface area contributed by atoms with Crippen LogP contribution in [-0.4, -0.2) is 19.0 Å². The Labute approximate surface area is 88.2 Å². The van der Waals surface area contributed by atoms with Gasteiger partial charge in [-0.2, -0.15) is 0 Å². The van der Waals surface area contributed by atoms with Gasteiger partial charge in [-0.05, 0) is 29.2 Å². The van der Waals surface area contributed by atoms with Crippen LogP contribution in [-0.2, 0) is 0 Å². The molecule has 0 heterocycles. The predicted octanol–water partition coefficient (Wildman–Crippen LogP) is 3.13. The Bertz CT molecular complexity index is 306. The molecule has 0 aromatic rings. The van der Waals surface area contributed by atoms with Crippen molar-refractivity contribution in [3.05, 3.63) is 11.3 Å². The molecular weight excluding hydrogens is 170 g/mol. The van der Waals surface area contributed by atoms with Crippen molar-refractivity contribution >= 4 is 0 Å². The monoisotopic (exact) mass is 193 g/mol. The summed E-state index contributed by atoms with van der Waals surface area (Å²) < 4.78 is 0. The minimum Gasteiger partial charge on any atom is -0.381 e. The fraction of sp³-hybridized carbons (Fsp3) is 0.846. The predicted molar refractivity (Wildman–Crippen MR) is 60.9 cm³/mol. The smallest absolute Gasteiger partial charge is 0.0163 e. The zero-order valence-electron chi connectivity index (χ0n) is 10.6. The Morgan fingerprint density at radius 1 is 1.14 bits per heavy atom. The van der Waals surface area contributed by atoms with E-state index in [0.717, 1.165) is 11.8 Å². The Balaban J connectivity index is 2.25. The van der Waals surface area contributed by atoms with Gasteiger partial charge in [-0.25, -0.2) is 0 Å². The van der Waals surface area contributed by atoms with E-state index in [1.54, 1.807) is 11.3 Å². The lowest BCUT2D eigenvalue weighted by atomic mass is 9.77. The summed E-state index contributed by atoms with van der Waals surface area (Å²) in [5.74, 6) is 1.72. The SMILES string of the molecule is CC1=C(N(C)C)C2C1C2(C)C(C)(C)C. The fourth-order valence-corrected chi connectivity index (χ4v) is 3.53. The molecule has 2 aliphatic carbocycles. The number of rotatable bonds is 1. The molecule has 80 valence electrons. The first-order chi connectivity index (χ1) is 6.23. The van der Waals surface area contributed by atoms with Crippen molar-refractivity contribution < 1.29 is 0 Å². The summed E-state index contributed by atoms with van der Waals surface area (Å²) in [6, 6.07) is 0. The molecule has 0 amide bonds. The summed E-state index contributed by atoms with van der Waals surface area (Å²) in [7, 11) is 4.35. The number of fused-ring (bicyclic) bond motifs is 1. The third kappa shape index (κ3) is 0.863. The van der Waals surface area contributed by atoms with Crippen LogP contribution in [0.3, 0.4) is 0 Å². The molecule has 2 rings (SSSR count). The van der Waals surface area contributed by atoms with E-state index < -0.39 is 0 Å².